The van der Waals surface area contributed by atoms with Gasteiger partial charge in [-0.05, 0) is 52.1 Å². The highest BCUT2D eigenvalue weighted by molar-refractivity contribution is 5.77. The van der Waals surface area contributed by atoms with Crippen LogP contribution in [0.5, 0.6) is 0 Å². The number of carbonyl (C=O) groups excluding carboxylic acids is 2. The van der Waals surface area contributed by atoms with E-state index in [1.54, 1.807) is 24.3 Å². The number of halogens is 6. The van der Waals surface area contributed by atoms with Gasteiger partial charge in [0.25, 0.3) is 0 Å². The molecular formula is C28H25F6NO4. The largest absolute Gasteiger partial charge is 0.469 e. The predicted octanol–water partition coefficient (Wildman–Crippen LogP) is 6.33. The Balaban J connectivity index is 1.85. The van der Waals surface area contributed by atoms with Crippen molar-refractivity contribution in [1.82, 2.24) is 5.32 Å². The van der Waals surface area contributed by atoms with E-state index in [9.17, 15) is 35.9 Å². The zero-order chi connectivity index (χ0) is 28.6. The highest BCUT2D eigenvalue weighted by Crippen LogP contribution is 2.37. The fraction of sp³-hybridized carbons (Fsp3) is 0.286. The van der Waals surface area contributed by atoms with Crippen molar-refractivity contribution in [2.75, 3.05) is 13.7 Å². The fourth-order valence-electron chi connectivity index (χ4n) is 3.80. The van der Waals surface area contributed by atoms with Crippen molar-refractivity contribution in [1.29, 1.82) is 0 Å². The Hall–Kier alpha value is -3.86. The normalized spacial score (nSPS) is 11.8. The second-order valence-electron chi connectivity index (χ2n) is 8.56. The van der Waals surface area contributed by atoms with Crippen molar-refractivity contribution >= 4 is 11.9 Å². The lowest BCUT2D eigenvalue weighted by Crippen LogP contribution is -2.21. The number of alkyl halides is 6. The summed E-state index contributed by atoms with van der Waals surface area (Å²) in [7, 11) is 1.09. The van der Waals surface area contributed by atoms with E-state index in [-0.39, 0.29) is 48.4 Å². The van der Waals surface area contributed by atoms with Crippen molar-refractivity contribution in [2.24, 2.45) is 0 Å². The lowest BCUT2D eigenvalue weighted by Gasteiger charge is -2.19. The molecule has 39 heavy (non-hydrogen) atoms. The first-order valence-electron chi connectivity index (χ1n) is 11.8. The summed E-state index contributed by atoms with van der Waals surface area (Å²) >= 11 is 0. The average Bonchev–Trinajstić information content (AvgIpc) is 2.89. The van der Waals surface area contributed by atoms with E-state index in [0.29, 0.717) is 0 Å². The minimum atomic E-state index is -4.78. The summed E-state index contributed by atoms with van der Waals surface area (Å²) in [5.41, 5.74) is -0.879. The third-order valence-corrected chi connectivity index (χ3v) is 5.81. The summed E-state index contributed by atoms with van der Waals surface area (Å²) in [6.45, 7) is 0.103. The van der Waals surface area contributed by atoms with Gasteiger partial charge in [0.1, 0.15) is 6.61 Å². The minimum Gasteiger partial charge on any atom is -0.469 e. The van der Waals surface area contributed by atoms with E-state index >= 15 is 0 Å². The van der Waals surface area contributed by atoms with Gasteiger partial charge in [-0.3, -0.25) is 9.59 Å². The van der Waals surface area contributed by atoms with Gasteiger partial charge < -0.3 is 14.8 Å². The molecule has 0 aliphatic rings. The second kappa shape index (κ2) is 12.8. The lowest BCUT2D eigenvalue weighted by molar-refractivity contribution is -0.145. The smallest absolute Gasteiger partial charge is 0.416 e. The van der Waals surface area contributed by atoms with Crippen LogP contribution in [0.15, 0.2) is 66.7 Å². The molecule has 0 heterocycles. The molecule has 0 saturated heterocycles. The molecule has 1 N–H and O–H groups in total. The number of carbonyl (C=O) groups is 2. The molecule has 0 spiro atoms. The van der Waals surface area contributed by atoms with E-state index in [1.807, 2.05) is 6.07 Å². The molecule has 11 heteroatoms. The maximum Gasteiger partial charge on any atom is 0.416 e. The molecule has 0 atom stereocenters. The topological polar surface area (TPSA) is 64.6 Å². The molecule has 3 aromatic carbocycles. The monoisotopic (exact) mass is 553 g/mol. The summed E-state index contributed by atoms with van der Waals surface area (Å²) in [6, 6.07) is 14.3. The van der Waals surface area contributed by atoms with Gasteiger partial charge in [0.05, 0.1) is 31.1 Å². The van der Waals surface area contributed by atoms with Crippen LogP contribution in [-0.2, 0) is 51.0 Å². The third-order valence-electron chi connectivity index (χ3n) is 5.81. The summed E-state index contributed by atoms with van der Waals surface area (Å²) in [4.78, 5) is 24.1. The highest BCUT2D eigenvalue weighted by atomic mass is 19.4. The van der Waals surface area contributed by atoms with E-state index in [0.717, 1.165) is 49.1 Å². The number of esters is 2. The SMILES string of the molecule is COC(=O)Cc1cc(C(F)(F)F)cc(-c2ccc(C(F)(F)F)cc2)c1CNCCC(=O)OCc1ccccc1. The van der Waals surface area contributed by atoms with Crippen LogP contribution in [0.25, 0.3) is 11.1 Å². The molecule has 0 amide bonds. The van der Waals surface area contributed by atoms with Crippen molar-refractivity contribution in [3.05, 3.63) is 94.5 Å². The number of benzene rings is 3. The van der Waals surface area contributed by atoms with Gasteiger partial charge in [-0.1, -0.05) is 42.5 Å². The first kappa shape index (κ1) is 29.7. The first-order chi connectivity index (χ1) is 18.4. The molecule has 0 aliphatic carbocycles. The lowest BCUT2D eigenvalue weighted by atomic mass is 9.90. The number of methoxy groups -OCH3 is 1. The Bertz CT molecular complexity index is 1270. The summed E-state index contributed by atoms with van der Waals surface area (Å²) < 4.78 is 90.0. The Morgan fingerprint density at radius 3 is 2.05 bits per heavy atom. The van der Waals surface area contributed by atoms with Crippen LogP contribution in [0.2, 0.25) is 0 Å². The van der Waals surface area contributed by atoms with Gasteiger partial charge in [-0.15, -0.1) is 0 Å². The second-order valence-corrected chi connectivity index (χ2v) is 8.56. The maximum atomic E-state index is 13.7. The van der Waals surface area contributed by atoms with E-state index < -0.39 is 41.8 Å². The van der Waals surface area contributed by atoms with Crippen LogP contribution in [0, 0.1) is 0 Å². The molecule has 208 valence electrons. The number of nitrogens with one attached hydrogen (secondary N) is 1. The molecule has 0 aliphatic heterocycles. The zero-order valence-corrected chi connectivity index (χ0v) is 20.8. The number of hydrogen-bond acceptors (Lipinski definition) is 5. The molecule has 3 rings (SSSR count). The quantitative estimate of drug-likeness (QED) is 0.181. The van der Waals surface area contributed by atoms with Gasteiger partial charge in [0.15, 0.2) is 0 Å². The molecule has 0 fully saturated rings. The van der Waals surface area contributed by atoms with Gasteiger partial charge in [-0.25, -0.2) is 0 Å². The van der Waals surface area contributed by atoms with Crippen LogP contribution in [0.1, 0.15) is 34.2 Å². The molecule has 0 radical (unpaired) electrons. The van der Waals surface area contributed by atoms with Crippen LogP contribution in [0.4, 0.5) is 26.3 Å². The number of rotatable bonds is 10. The fourth-order valence-corrected chi connectivity index (χ4v) is 3.80. The Morgan fingerprint density at radius 2 is 1.46 bits per heavy atom. The van der Waals surface area contributed by atoms with Crippen LogP contribution in [-0.4, -0.2) is 25.6 Å². The van der Waals surface area contributed by atoms with E-state index in [4.69, 9.17) is 4.74 Å². The average molecular weight is 553 g/mol. The van der Waals surface area contributed by atoms with Gasteiger partial charge in [0.2, 0.25) is 0 Å². The zero-order valence-electron chi connectivity index (χ0n) is 20.8. The first-order valence-corrected chi connectivity index (χ1v) is 11.8. The van der Waals surface area contributed by atoms with Crippen molar-refractivity contribution < 1.29 is 45.4 Å². The van der Waals surface area contributed by atoms with Crippen molar-refractivity contribution in [3.63, 3.8) is 0 Å². The van der Waals surface area contributed by atoms with Crippen LogP contribution < -0.4 is 5.32 Å². The Labute approximate surface area is 220 Å². The van der Waals surface area contributed by atoms with Crippen LogP contribution in [0.3, 0.4) is 0 Å². The molecule has 0 saturated carbocycles. The van der Waals surface area contributed by atoms with Gasteiger partial charge >= 0.3 is 24.3 Å². The molecular weight excluding hydrogens is 528 g/mol. The summed E-state index contributed by atoms with van der Waals surface area (Å²) in [5.74, 6) is -1.30. The molecule has 5 nitrogen and oxygen atoms in total. The predicted molar refractivity (Wildman–Crippen MR) is 130 cm³/mol. The number of hydrogen-bond donors (Lipinski definition) is 1. The van der Waals surface area contributed by atoms with Crippen LogP contribution >= 0.6 is 0 Å². The van der Waals surface area contributed by atoms with Crippen molar-refractivity contribution in [3.8, 4) is 11.1 Å². The summed E-state index contributed by atoms with van der Waals surface area (Å²) in [6.07, 6.45) is -9.94. The minimum absolute atomic E-state index is 0.00314. The maximum absolute atomic E-state index is 13.7. The Kier molecular flexibility index (Phi) is 9.74. The van der Waals surface area contributed by atoms with Gasteiger partial charge in [0, 0.05) is 13.1 Å². The molecule has 0 unspecified atom stereocenters. The standard InChI is InChI=1S/C28H25F6NO4/c1-38-26(37)14-20-13-22(28(32,33)34)15-23(19-7-9-21(10-8-19)27(29,30)31)24(20)16-35-12-11-25(36)39-17-18-5-3-2-4-6-18/h2-10,13,15,35H,11-12,14,16-17H2,1H3. The molecule has 3 aromatic rings. The Morgan fingerprint density at radius 1 is 0.821 bits per heavy atom. The molecule has 0 aromatic heterocycles. The third kappa shape index (κ3) is 8.57. The summed E-state index contributed by atoms with van der Waals surface area (Å²) in [5, 5.41) is 2.95. The number of ether oxygens (including phenoxy) is 2. The van der Waals surface area contributed by atoms with Crippen molar-refractivity contribution in [2.45, 2.75) is 38.3 Å². The van der Waals surface area contributed by atoms with E-state index in [1.165, 1.54) is 0 Å². The highest BCUT2D eigenvalue weighted by Gasteiger charge is 2.33. The van der Waals surface area contributed by atoms with E-state index in [2.05, 4.69) is 10.1 Å². The van der Waals surface area contributed by atoms with Gasteiger partial charge in [-0.2, -0.15) is 26.3 Å². The molecule has 0 bridgehead atoms.